The fraction of sp³-hybridized carbons (Fsp3) is 0.500. The lowest BCUT2D eigenvalue weighted by Crippen LogP contribution is -2.21. The van der Waals surface area contributed by atoms with Gasteiger partial charge in [-0.3, -0.25) is 0 Å². The molecule has 5 nitrogen and oxygen atoms in total. The summed E-state index contributed by atoms with van der Waals surface area (Å²) in [5.74, 6) is -0.381. The van der Waals surface area contributed by atoms with Crippen molar-refractivity contribution in [2.75, 3.05) is 21.3 Å². The Morgan fingerprint density at radius 3 is 1.81 bits per heavy atom. The van der Waals surface area contributed by atoms with Crippen LogP contribution in [0.15, 0.2) is 24.5 Å². The maximum Gasteiger partial charge on any atom is 0.483 e. The predicted molar refractivity (Wildman–Crippen MR) is 63.9 cm³/mol. The highest BCUT2D eigenvalue weighted by Gasteiger charge is 2.04. The van der Waals surface area contributed by atoms with Gasteiger partial charge in [0.25, 0.3) is 0 Å². The van der Waals surface area contributed by atoms with E-state index in [9.17, 15) is 4.79 Å². The molecular formula is C10H20O5Si. The van der Waals surface area contributed by atoms with Crippen LogP contribution in [0.25, 0.3) is 0 Å². The van der Waals surface area contributed by atoms with Gasteiger partial charge in [-0.2, -0.15) is 0 Å². The van der Waals surface area contributed by atoms with E-state index < -0.39 is 9.53 Å². The summed E-state index contributed by atoms with van der Waals surface area (Å²) in [4.78, 5) is 10.5. The largest absolute Gasteiger partial charge is 0.483 e. The van der Waals surface area contributed by atoms with Crippen molar-refractivity contribution >= 4 is 15.5 Å². The molecule has 0 heterocycles. The van der Waals surface area contributed by atoms with Gasteiger partial charge in [-0.05, 0) is 13.8 Å². The minimum absolute atomic E-state index is 0.381. The zero-order valence-electron chi connectivity index (χ0n) is 10.5. The van der Waals surface area contributed by atoms with Crippen LogP contribution < -0.4 is 0 Å². The molecule has 0 spiro atoms. The molecule has 0 saturated carbocycles. The minimum Gasteiger partial charge on any atom is -0.432 e. The normalized spacial score (nSPS) is 9.88. The summed E-state index contributed by atoms with van der Waals surface area (Å²) in [6, 6.07) is 0. The summed E-state index contributed by atoms with van der Waals surface area (Å²) in [5, 5.41) is 0. The number of rotatable bonds is 5. The summed E-state index contributed by atoms with van der Waals surface area (Å²) in [7, 11) is 3.05. The Bertz CT molecular complexity index is 218. The summed E-state index contributed by atoms with van der Waals surface area (Å²) < 4.78 is 18.8. The van der Waals surface area contributed by atoms with Crippen LogP contribution in [0, 0.1) is 0 Å². The van der Waals surface area contributed by atoms with Crippen molar-refractivity contribution in [1.82, 2.24) is 0 Å². The molecule has 0 aliphatic carbocycles. The van der Waals surface area contributed by atoms with Crippen molar-refractivity contribution in [3.63, 3.8) is 0 Å². The maximum atomic E-state index is 10.5. The molecule has 0 N–H and O–H groups in total. The standard InChI is InChI=1S/C7H10O2.C3H10O3Si/c1-4-5-9-7(8)6(2)3;1-4-7(5-2)6-3/h4-5H,2H2,1,3H3;7H,1-3H3. The van der Waals surface area contributed by atoms with Gasteiger partial charge in [0.05, 0.1) is 6.26 Å². The Hall–Kier alpha value is -0.953. The molecule has 6 heteroatoms. The second-order valence-corrected chi connectivity index (χ2v) is 4.64. The third-order valence-corrected chi connectivity index (χ3v) is 2.39. The molecule has 0 saturated heterocycles. The van der Waals surface area contributed by atoms with Crippen molar-refractivity contribution in [3.8, 4) is 0 Å². The number of allylic oxidation sites excluding steroid dienone is 1. The number of hydrogen-bond donors (Lipinski definition) is 0. The van der Waals surface area contributed by atoms with Gasteiger partial charge < -0.3 is 18.0 Å². The average Bonchev–Trinajstić information content (AvgIpc) is 2.29. The predicted octanol–water partition coefficient (Wildman–Crippen LogP) is 1.28. The molecule has 0 fully saturated rings. The monoisotopic (exact) mass is 248 g/mol. The van der Waals surface area contributed by atoms with Gasteiger partial charge in [0.1, 0.15) is 0 Å². The second kappa shape index (κ2) is 12.1. The lowest BCUT2D eigenvalue weighted by atomic mass is 10.4. The number of carbonyl (C=O) groups is 1. The van der Waals surface area contributed by atoms with Gasteiger partial charge in [0, 0.05) is 26.9 Å². The van der Waals surface area contributed by atoms with E-state index in [0.29, 0.717) is 5.57 Å². The van der Waals surface area contributed by atoms with Crippen molar-refractivity contribution in [1.29, 1.82) is 0 Å². The molecule has 16 heavy (non-hydrogen) atoms. The smallest absolute Gasteiger partial charge is 0.432 e. The molecule has 0 aromatic carbocycles. The Kier molecular flexibility index (Phi) is 13.2. The molecule has 0 aliphatic heterocycles. The van der Waals surface area contributed by atoms with Gasteiger partial charge in [0.15, 0.2) is 0 Å². The van der Waals surface area contributed by atoms with Crippen molar-refractivity contribution in [3.05, 3.63) is 24.5 Å². The first kappa shape index (κ1) is 17.4. The van der Waals surface area contributed by atoms with Crippen LogP contribution >= 0.6 is 0 Å². The van der Waals surface area contributed by atoms with E-state index in [1.165, 1.54) is 6.26 Å². The first-order chi connectivity index (χ1) is 7.53. The number of carbonyl (C=O) groups excluding carboxylic acids is 1. The highest BCUT2D eigenvalue weighted by molar-refractivity contribution is 6.36. The van der Waals surface area contributed by atoms with Crippen molar-refractivity contribution < 1.29 is 22.8 Å². The van der Waals surface area contributed by atoms with Crippen LogP contribution in [0.4, 0.5) is 0 Å². The van der Waals surface area contributed by atoms with Crippen molar-refractivity contribution in [2.24, 2.45) is 0 Å². The van der Waals surface area contributed by atoms with Crippen LogP contribution in [0.5, 0.6) is 0 Å². The van der Waals surface area contributed by atoms with Crippen LogP contribution in [0.1, 0.15) is 13.8 Å². The zero-order valence-corrected chi connectivity index (χ0v) is 11.6. The molecule has 0 aromatic rings. The number of ether oxygens (including phenoxy) is 1. The molecule has 0 atom stereocenters. The number of esters is 1. The minimum atomic E-state index is -1.67. The van der Waals surface area contributed by atoms with Crippen molar-refractivity contribution in [2.45, 2.75) is 13.8 Å². The Morgan fingerprint density at radius 1 is 1.19 bits per heavy atom. The lowest BCUT2D eigenvalue weighted by molar-refractivity contribution is -0.133. The average molecular weight is 248 g/mol. The molecule has 0 aliphatic rings. The third kappa shape index (κ3) is 11.1. The van der Waals surface area contributed by atoms with E-state index in [4.69, 9.17) is 13.3 Å². The van der Waals surface area contributed by atoms with Gasteiger partial charge in [-0.25, -0.2) is 4.79 Å². The van der Waals surface area contributed by atoms with E-state index in [-0.39, 0.29) is 5.97 Å². The fourth-order valence-electron chi connectivity index (χ4n) is 0.519. The molecular weight excluding hydrogens is 228 g/mol. The SMILES string of the molecule is C=C(C)C(=O)OC=CC.CO[SiH](OC)OC. The van der Waals surface area contributed by atoms with E-state index in [1.807, 2.05) is 0 Å². The van der Waals surface area contributed by atoms with Gasteiger partial charge >= 0.3 is 15.5 Å². The number of hydrogen-bond acceptors (Lipinski definition) is 5. The summed E-state index contributed by atoms with van der Waals surface area (Å²) in [6.45, 7) is 6.77. The Morgan fingerprint density at radius 2 is 1.62 bits per heavy atom. The van der Waals surface area contributed by atoms with E-state index in [2.05, 4.69) is 11.3 Å². The topological polar surface area (TPSA) is 54.0 Å². The fourth-order valence-corrected chi connectivity index (χ4v) is 1.10. The Balaban J connectivity index is 0. The third-order valence-electron chi connectivity index (χ3n) is 1.24. The molecule has 0 radical (unpaired) electrons. The van der Waals surface area contributed by atoms with Crippen LogP contribution in [0.2, 0.25) is 0 Å². The van der Waals surface area contributed by atoms with E-state index in [1.54, 1.807) is 41.3 Å². The molecule has 0 amide bonds. The van der Waals surface area contributed by atoms with E-state index in [0.717, 1.165) is 0 Å². The van der Waals surface area contributed by atoms with Gasteiger partial charge in [-0.15, -0.1) is 0 Å². The summed E-state index contributed by atoms with van der Waals surface area (Å²) >= 11 is 0. The maximum absolute atomic E-state index is 10.5. The highest BCUT2D eigenvalue weighted by Crippen LogP contribution is 1.91. The molecule has 0 rings (SSSR count). The molecule has 0 unspecified atom stereocenters. The van der Waals surface area contributed by atoms with Crippen LogP contribution in [-0.2, 0) is 22.8 Å². The lowest BCUT2D eigenvalue weighted by Gasteiger charge is -2.05. The Labute approximate surface area is 98.6 Å². The van der Waals surface area contributed by atoms with Crippen LogP contribution in [0.3, 0.4) is 0 Å². The summed E-state index contributed by atoms with van der Waals surface area (Å²) in [6.07, 6.45) is 2.97. The first-order valence-corrected chi connectivity index (χ1v) is 6.00. The first-order valence-electron chi connectivity index (χ1n) is 4.59. The van der Waals surface area contributed by atoms with Gasteiger partial charge in [-0.1, -0.05) is 12.7 Å². The van der Waals surface area contributed by atoms with Gasteiger partial charge in [0.2, 0.25) is 0 Å². The zero-order chi connectivity index (χ0) is 13.0. The van der Waals surface area contributed by atoms with E-state index >= 15 is 0 Å². The molecule has 94 valence electrons. The van der Waals surface area contributed by atoms with Crippen LogP contribution in [-0.4, -0.2) is 36.8 Å². The highest BCUT2D eigenvalue weighted by atomic mass is 28.3. The molecule has 0 aromatic heterocycles. The molecule has 0 bridgehead atoms. The second-order valence-electron chi connectivity index (χ2n) is 2.65. The quantitative estimate of drug-likeness (QED) is 0.317. The summed E-state index contributed by atoms with van der Waals surface area (Å²) in [5.41, 5.74) is 0.410.